The minimum Gasteiger partial charge on any atom is -0.484 e. The van der Waals surface area contributed by atoms with E-state index in [1.165, 1.54) is 18.2 Å². The molecule has 5 heteroatoms. The molecule has 104 valence electrons. The average Bonchev–Trinajstić information content (AvgIpc) is 2.46. The highest BCUT2D eigenvalue weighted by Crippen LogP contribution is 2.15. The number of rotatable bonds is 5. The quantitative estimate of drug-likeness (QED) is 0.880. The summed E-state index contributed by atoms with van der Waals surface area (Å²) in [6.07, 6.45) is 0. The molecule has 4 nitrogen and oxygen atoms in total. The summed E-state index contributed by atoms with van der Waals surface area (Å²) in [5, 5.41) is 11.8. The van der Waals surface area contributed by atoms with Gasteiger partial charge in [-0.25, -0.2) is 4.39 Å². The third-order valence-electron chi connectivity index (χ3n) is 2.63. The molecular formula is C15H14FNO3. The molecule has 0 saturated heterocycles. The van der Waals surface area contributed by atoms with E-state index in [0.29, 0.717) is 11.3 Å². The standard InChI is InChI=1S/C15H14FNO3/c16-12-5-3-6-13(8-12)20-10-15(19)17-14-7-2-1-4-11(14)9-18/h1-8,18H,9-10H2,(H,17,19). The summed E-state index contributed by atoms with van der Waals surface area (Å²) in [5.74, 6) is -0.515. The van der Waals surface area contributed by atoms with Gasteiger partial charge in [0.05, 0.1) is 6.61 Å². The van der Waals surface area contributed by atoms with Gasteiger partial charge >= 0.3 is 0 Å². The SMILES string of the molecule is O=C(COc1cccc(F)c1)Nc1ccccc1CO. The number of carbonyl (C=O) groups is 1. The molecule has 0 atom stereocenters. The van der Waals surface area contributed by atoms with E-state index in [4.69, 9.17) is 9.84 Å². The van der Waals surface area contributed by atoms with E-state index in [1.54, 1.807) is 30.3 Å². The molecule has 0 radical (unpaired) electrons. The lowest BCUT2D eigenvalue weighted by molar-refractivity contribution is -0.118. The van der Waals surface area contributed by atoms with Crippen LogP contribution in [-0.2, 0) is 11.4 Å². The van der Waals surface area contributed by atoms with Crippen molar-refractivity contribution in [1.82, 2.24) is 0 Å². The van der Waals surface area contributed by atoms with Crippen LogP contribution in [0.4, 0.5) is 10.1 Å². The van der Waals surface area contributed by atoms with Crippen LogP contribution in [0.3, 0.4) is 0 Å². The van der Waals surface area contributed by atoms with Crippen LogP contribution < -0.4 is 10.1 Å². The first kappa shape index (κ1) is 14.0. The minimum atomic E-state index is -0.423. The number of nitrogens with one attached hydrogen (secondary N) is 1. The highest BCUT2D eigenvalue weighted by molar-refractivity contribution is 5.92. The molecule has 2 N–H and O–H groups in total. The number of para-hydroxylation sites is 1. The van der Waals surface area contributed by atoms with Crippen LogP contribution >= 0.6 is 0 Å². The smallest absolute Gasteiger partial charge is 0.262 e. The Hall–Kier alpha value is -2.40. The molecule has 0 aliphatic rings. The van der Waals surface area contributed by atoms with Crippen molar-refractivity contribution in [2.24, 2.45) is 0 Å². The Labute approximate surface area is 115 Å². The Morgan fingerprint density at radius 2 is 2.00 bits per heavy atom. The number of benzene rings is 2. The number of halogens is 1. The Kier molecular flexibility index (Phi) is 4.68. The number of hydrogen-bond acceptors (Lipinski definition) is 3. The molecule has 0 aliphatic heterocycles. The molecule has 2 aromatic carbocycles. The summed E-state index contributed by atoms with van der Waals surface area (Å²) in [5.41, 5.74) is 1.15. The van der Waals surface area contributed by atoms with Gasteiger partial charge in [-0.3, -0.25) is 4.79 Å². The monoisotopic (exact) mass is 275 g/mol. The van der Waals surface area contributed by atoms with Crippen molar-refractivity contribution in [3.05, 3.63) is 59.9 Å². The fourth-order valence-corrected chi connectivity index (χ4v) is 1.67. The Morgan fingerprint density at radius 1 is 1.20 bits per heavy atom. The second-order valence-electron chi connectivity index (χ2n) is 4.11. The second kappa shape index (κ2) is 6.68. The van der Waals surface area contributed by atoms with Crippen LogP contribution in [0.15, 0.2) is 48.5 Å². The van der Waals surface area contributed by atoms with E-state index in [9.17, 15) is 9.18 Å². The van der Waals surface area contributed by atoms with Crippen molar-refractivity contribution in [3.8, 4) is 5.75 Å². The van der Waals surface area contributed by atoms with Gasteiger partial charge < -0.3 is 15.2 Å². The molecular weight excluding hydrogens is 261 g/mol. The Balaban J connectivity index is 1.93. The zero-order valence-corrected chi connectivity index (χ0v) is 10.7. The lowest BCUT2D eigenvalue weighted by atomic mass is 10.2. The molecule has 0 heterocycles. The number of carbonyl (C=O) groups excluding carboxylic acids is 1. The molecule has 2 rings (SSSR count). The molecule has 0 bridgehead atoms. The van der Waals surface area contributed by atoms with Crippen LogP contribution in [0.2, 0.25) is 0 Å². The van der Waals surface area contributed by atoms with E-state index in [2.05, 4.69) is 5.32 Å². The van der Waals surface area contributed by atoms with E-state index in [0.717, 1.165) is 0 Å². The van der Waals surface area contributed by atoms with E-state index in [1.807, 2.05) is 0 Å². The van der Waals surface area contributed by atoms with Gasteiger partial charge in [-0.1, -0.05) is 24.3 Å². The number of hydrogen-bond donors (Lipinski definition) is 2. The van der Waals surface area contributed by atoms with Crippen LogP contribution in [0.5, 0.6) is 5.75 Å². The summed E-state index contributed by atoms with van der Waals surface area (Å²) in [6.45, 7) is -0.398. The van der Waals surface area contributed by atoms with Gasteiger partial charge in [0.1, 0.15) is 11.6 Å². The van der Waals surface area contributed by atoms with Crippen molar-refractivity contribution in [1.29, 1.82) is 0 Å². The van der Waals surface area contributed by atoms with Crippen molar-refractivity contribution in [2.75, 3.05) is 11.9 Å². The molecule has 0 spiro atoms. The summed E-state index contributed by atoms with van der Waals surface area (Å²) < 4.78 is 18.1. The Bertz CT molecular complexity index is 601. The summed E-state index contributed by atoms with van der Waals surface area (Å²) >= 11 is 0. The van der Waals surface area contributed by atoms with Gasteiger partial charge in [-0.2, -0.15) is 0 Å². The van der Waals surface area contributed by atoms with Crippen molar-refractivity contribution >= 4 is 11.6 Å². The number of amides is 1. The van der Waals surface area contributed by atoms with E-state index in [-0.39, 0.29) is 24.9 Å². The lowest BCUT2D eigenvalue weighted by Gasteiger charge is -2.10. The molecule has 0 unspecified atom stereocenters. The predicted octanol–water partition coefficient (Wildman–Crippen LogP) is 2.34. The maximum atomic E-state index is 12.9. The molecule has 0 fully saturated rings. The van der Waals surface area contributed by atoms with Crippen molar-refractivity contribution < 1.29 is 19.0 Å². The first-order valence-electron chi connectivity index (χ1n) is 6.06. The maximum Gasteiger partial charge on any atom is 0.262 e. The van der Waals surface area contributed by atoms with Gasteiger partial charge in [-0.05, 0) is 18.2 Å². The molecule has 0 aromatic heterocycles. The Morgan fingerprint density at radius 3 is 2.75 bits per heavy atom. The summed E-state index contributed by atoms with van der Waals surface area (Å²) in [4.78, 5) is 11.7. The minimum absolute atomic E-state index is 0.165. The molecule has 0 aliphatic carbocycles. The van der Waals surface area contributed by atoms with Gasteiger partial charge in [-0.15, -0.1) is 0 Å². The third kappa shape index (κ3) is 3.80. The van der Waals surface area contributed by atoms with Gasteiger partial charge in [0.2, 0.25) is 0 Å². The molecule has 2 aromatic rings. The fourth-order valence-electron chi connectivity index (χ4n) is 1.67. The maximum absolute atomic E-state index is 12.9. The summed E-state index contributed by atoms with van der Waals surface area (Å²) in [7, 11) is 0. The van der Waals surface area contributed by atoms with Crippen LogP contribution in [0.1, 0.15) is 5.56 Å². The summed E-state index contributed by atoms with van der Waals surface area (Å²) in [6, 6.07) is 12.5. The molecule has 1 amide bonds. The molecule has 0 saturated carbocycles. The number of aliphatic hydroxyl groups excluding tert-OH is 1. The van der Waals surface area contributed by atoms with Crippen LogP contribution in [0.25, 0.3) is 0 Å². The first-order valence-corrected chi connectivity index (χ1v) is 6.06. The van der Waals surface area contributed by atoms with Crippen LogP contribution in [-0.4, -0.2) is 17.6 Å². The normalized spacial score (nSPS) is 10.1. The van der Waals surface area contributed by atoms with Crippen molar-refractivity contribution in [2.45, 2.75) is 6.61 Å². The third-order valence-corrected chi connectivity index (χ3v) is 2.63. The number of aliphatic hydroxyl groups is 1. The van der Waals surface area contributed by atoms with E-state index < -0.39 is 5.82 Å². The average molecular weight is 275 g/mol. The molecule has 20 heavy (non-hydrogen) atoms. The van der Waals surface area contributed by atoms with E-state index >= 15 is 0 Å². The first-order chi connectivity index (χ1) is 9.69. The largest absolute Gasteiger partial charge is 0.484 e. The van der Waals surface area contributed by atoms with Gasteiger partial charge in [0.15, 0.2) is 6.61 Å². The highest BCUT2D eigenvalue weighted by atomic mass is 19.1. The van der Waals surface area contributed by atoms with Gasteiger partial charge in [0, 0.05) is 17.3 Å². The zero-order valence-electron chi connectivity index (χ0n) is 10.7. The van der Waals surface area contributed by atoms with Crippen LogP contribution in [0, 0.1) is 5.82 Å². The second-order valence-corrected chi connectivity index (χ2v) is 4.11. The van der Waals surface area contributed by atoms with Crippen molar-refractivity contribution in [3.63, 3.8) is 0 Å². The fraction of sp³-hybridized carbons (Fsp3) is 0.133. The zero-order chi connectivity index (χ0) is 14.4. The number of anilines is 1. The lowest BCUT2D eigenvalue weighted by Crippen LogP contribution is -2.20. The topological polar surface area (TPSA) is 58.6 Å². The number of ether oxygens (including phenoxy) is 1. The highest BCUT2D eigenvalue weighted by Gasteiger charge is 2.07. The van der Waals surface area contributed by atoms with Gasteiger partial charge in [0.25, 0.3) is 5.91 Å². The predicted molar refractivity (Wildman–Crippen MR) is 72.9 cm³/mol.